The molecule has 1 N–H and O–H groups in total. The average molecular weight is 316 g/mol. The maximum absolute atomic E-state index is 12.2. The first-order valence-corrected chi connectivity index (χ1v) is 6.71. The molecule has 0 spiro atoms. The van der Waals surface area contributed by atoms with E-state index < -0.39 is 17.7 Å². The Hall–Kier alpha value is -1.67. The first-order chi connectivity index (χ1) is 9.69. The predicted molar refractivity (Wildman–Crippen MR) is 79.6 cm³/mol. The highest BCUT2D eigenvalue weighted by Crippen LogP contribution is 2.16. The summed E-state index contributed by atoms with van der Waals surface area (Å²) in [4.78, 5) is 24.1. The molecule has 1 atom stereocenters. The van der Waals surface area contributed by atoms with Gasteiger partial charge in [-0.3, -0.25) is 9.80 Å². The Morgan fingerprint density at radius 3 is 2.52 bits per heavy atom. The van der Waals surface area contributed by atoms with Gasteiger partial charge in [-0.1, -0.05) is 12.2 Å². The summed E-state index contributed by atoms with van der Waals surface area (Å²) in [6, 6.07) is -0.756. The second-order valence-corrected chi connectivity index (χ2v) is 5.79. The normalized spacial score (nSPS) is 19.2. The van der Waals surface area contributed by atoms with Crippen LogP contribution in [-0.4, -0.2) is 54.2 Å². The highest BCUT2D eigenvalue weighted by Gasteiger charge is 2.36. The van der Waals surface area contributed by atoms with E-state index in [1.807, 2.05) is 0 Å². The molecule has 118 valence electrons. The first-order valence-electron chi connectivity index (χ1n) is 6.31. The van der Waals surface area contributed by atoms with Crippen LogP contribution < -0.4 is 5.43 Å². The zero-order valence-electron chi connectivity index (χ0n) is 12.8. The molecule has 0 aromatic heterocycles. The molecule has 8 heteroatoms. The number of ketones is 1. The zero-order valence-corrected chi connectivity index (χ0v) is 13.6. The van der Waals surface area contributed by atoms with E-state index >= 15 is 0 Å². The molecule has 0 fully saturated rings. The van der Waals surface area contributed by atoms with Gasteiger partial charge in [-0.15, -0.1) is 0 Å². The fraction of sp³-hybridized carbons (Fsp3) is 0.615. The number of thiocarbonyl (C=S) groups is 1. The van der Waals surface area contributed by atoms with E-state index in [0.717, 1.165) is 0 Å². The molecule has 0 aliphatic carbocycles. The van der Waals surface area contributed by atoms with Crippen molar-refractivity contribution in [2.45, 2.75) is 32.4 Å². The van der Waals surface area contributed by atoms with Crippen LogP contribution in [0.5, 0.6) is 0 Å². The lowest BCUT2D eigenvalue weighted by atomic mass is 10.1. The molecule has 1 unspecified atom stereocenters. The summed E-state index contributed by atoms with van der Waals surface area (Å²) in [5.41, 5.74) is 1.83. The van der Waals surface area contributed by atoms with E-state index in [9.17, 15) is 9.59 Å². The molecule has 1 amide bonds. The lowest BCUT2D eigenvalue weighted by Gasteiger charge is -2.33. The van der Waals surface area contributed by atoms with Gasteiger partial charge in [0.2, 0.25) is 5.78 Å². The maximum atomic E-state index is 12.2. The second kappa shape index (κ2) is 6.86. The molecule has 1 heterocycles. The van der Waals surface area contributed by atoms with Gasteiger partial charge in [0.25, 0.3) is 0 Å². The molecule has 0 saturated heterocycles. The number of ether oxygens (including phenoxy) is 3. The van der Waals surface area contributed by atoms with Crippen LogP contribution in [0.15, 0.2) is 12.0 Å². The Labute approximate surface area is 129 Å². The Morgan fingerprint density at radius 1 is 1.43 bits per heavy atom. The minimum Gasteiger partial charge on any atom is -0.493 e. The van der Waals surface area contributed by atoms with E-state index in [2.05, 4.69) is 5.43 Å². The number of Topliss-reactive ketones (excluding diaryl/α,β-unsaturated/α-hetero) is 1. The number of allylic oxidation sites excluding steroid dienone is 1. The number of hydrogen-bond donors (Lipinski definition) is 1. The third kappa shape index (κ3) is 4.68. The van der Waals surface area contributed by atoms with Gasteiger partial charge in [0, 0.05) is 7.11 Å². The van der Waals surface area contributed by atoms with Crippen molar-refractivity contribution in [3.8, 4) is 0 Å². The largest absolute Gasteiger partial charge is 0.493 e. The predicted octanol–water partition coefficient (Wildman–Crippen LogP) is 1.18. The van der Waals surface area contributed by atoms with Crippen molar-refractivity contribution in [3.05, 3.63) is 12.0 Å². The highest BCUT2D eigenvalue weighted by molar-refractivity contribution is 7.82. The van der Waals surface area contributed by atoms with Crippen LogP contribution in [-0.2, 0) is 19.0 Å². The Bertz CT molecular complexity index is 470. The summed E-state index contributed by atoms with van der Waals surface area (Å²) in [6.07, 6.45) is 0.757. The van der Waals surface area contributed by atoms with Crippen LogP contribution in [0.3, 0.4) is 0 Å². The molecular weight excluding hydrogens is 296 g/mol. The van der Waals surface area contributed by atoms with Gasteiger partial charge in [-0.25, -0.2) is 10.2 Å². The van der Waals surface area contributed by atoms with Crippen molar-refractivity contribution in [2.24, 2.45) is 0 Å². The van der Waals surface area contributed by atoms with E-state index in [1.54, 1.807) is 20.8 Å². The van der Waals surface area contributed by atoms with Gasteiger partial charge in [0.15, 0.2) is 5.76 Å². The fourth-order valence-corrected chi connectivity index (χ4v) is 1.92. The Kier molecular flexibility index (Phi) is 5.68. The van der Waals surface area contributed by atoms with Crippen molar-refractivity contribution in [1.82, 2.24) is 10.4 Å². The Morgan fingerprint density at radius 2 is 2.05 bits per heavy atom. The molecular formula is C13H20N2O5S. The van der Waals surface area contributed by atoms with E-state index in [1.165, 1.54) is 25.4 Å². The van der Waals surface area contributed by atoms with E-state index in [0.29, 0.717) is 0 Å². The maximum Gasteiger partial charge on any atom is 0.426 e. The lowest BCUT2D eigenvalue weighted by Crippen LogP contribution is -2.56. The molecule has 0 aromatic carbocycles. The number of nitrogens with zero attached hydrogens (tertiary/aromatic N) is 1. The van der Waals surface area contributed by atoms with Gasteiger partial charge in [0.1, 0.15) is 16.5 Å². The summed E-state index contributed by atoms with van der Waals surface area (Å²) in [7, 11) is 2.85. The molecule has 7 nitrogen and oxygen atoms in total. The van der Waals surface area contributed by atoms with Gasteiger partial charge in [-0.05, 0) is 20.8 Å². The molecule has 0 aromatic rings. The van der Waals surface area contributed by atoms with Gasteiger partial charge in [-0.2, -0.15) is 0 Å². The molecule has 1 rings (SSSR count). The number of hydrogen-bond acceptors (Lipinski definition) is 7. The molecule has 1 aliphatic heterocycles. The standard InChI is InChI=1S/C13H20N2O5S/c1-13(2,3)20-12(17)14-15-6-9(19-5)11(21)10(16)8(15)7-18-4/h6,8H,7H2,1-5H3,(H,14,17). The number of rotatable bonds is 4. The lowest BCUT2D eigenvalue weighted by molar-refractivity contribution is -0.120. The topological polar surface area (TPSA) is 77.1 Å². The van der Waals surface area contributed by atoms with Gasteiger partial charge >= 0.3 is 6.09 Å². The van der Waals surface area contributed by atoms with Crippen molar-refractivity contribution >= 4 is 29.0 Å². The van der Waals surface area contributed by atoms with Crippen LogP contribution in [0.2, 0.25) is 0 Å². The molecule has 0 bridgehead atoms. The minimum absolute atomic E-state index is 0.0711. The van der Waals surface area contributed by atoms with Crippen molar-refractivity contribution < 1.29 is 23.8 Å². The van der Waals surface area contributed by atoms with Gasteiger partial charge in [0.05, 0.1) is 19.9 Å². The number of methoxy groups -OCH3 is 2. The van der Waals surface area contributed by atoms with Crippen LogP contribution in [0.4, 0.5) is 4.79 Å². The first kappa shape index (κ1) is 17.4. The fourth-order valence-electron chi connectivity index (χ4n) is 1.65. The summed E-state index contributed by atoms with van der Waals surface area (Å²) in [5.74, 6) is -0.152. The average Bonchev–Trinajstić information content (AvgIpc) is 2.36. The van der Waals surface area contributed by atoms with Crippen molar-refractivity contribution in [2.75, 3.05) is 20.8 Å². The Balaban J connectivity index is 2.93. The highest BCUT2D eigenvalue weighted by atomic mass is 32.1. The summed E-state index contributed by atoms with van der Waals surface area (Å²) < 4.78 is 15.2. The molecule has 1 aliphatic rings. The summed E-state index contributed by atoms with van der Waals surface area (Å²) in [5, 5.41) is 1.29. The zero-order chi connectivity index (χ0) is 16.2. The number of carbonyl (C=O) groups excluding carboxylic acids is 2. The number of hydrazine groups is 1. The van der Waals surface area contributed by atoms with Crippen LogP contribution >= 0.6 is 12.2 Å². The minimum atomic E-state index is -0.756. The summed E-state index contributed by atoms with van der Waals surface area (Å²) in [6.45, 7) is 5.30. The third-order valence-electron chi connectivity index (χ3n) is 2.51. The van der Waals surface area contributed by atoms with Crippen molar-refractivity contribution in [3.63, 3.8) is 0 Å². The van der Waals surface area contributed by atoms with Crippen LogP contribution in [0.25, 0.3) is 0 Å². The number of nitrogens with one attached hydrogen (secondary N) is 1. The third-order valence-corrected chi connectivity index (χ3v) is 2.91. The quantitative estimate of drug-likeness (QED) is 0.780. The van der Waals surface area contributed by atoms with Crippen molar-refractivity contribution in [1.29, 1.82) is 0 Å². The molecule has 0 radical (unpaired) electrons. The monoisotopic (exact) mass is 316 g/mol. The van der Waals surface area contributed by atoms with Gasteiger partial charge < -0.3 is 14.2 Å². The molecule has 0 saturated carbocycles. The molecule has 21 heavy (non-hydrogen) atoms. The van der Waals surface area contributed by atoms with Crippen LogP contribution in [0, 0.1) is 0 Å². The number of carbonyl (C=O) groups is 2. The number of amides is 1. The smallest absolute Gasteiger partial charge is 0.426 e. The summed E-state index contributed by atoms with van der Waals surface area (Å²) >= 11 is 5.03. The van der Waals surface area contributed by atoms with Crippen LogP contribution in [0.1, 0.15) is 20.8 Å². The van der Waals surface area contributed by atoms with E-state index in [4.69, 9.17) is 26.4 Å². The van der Waals surface area contributed by atoms with E-state index in [-0.39, 0.29) is 23.0 Å². The SMILES string of the molecule is COCC1C(=O)C(=S)C(OC)=CN1NC(=O)OC(C)(C)C. The second-order valence-electron chi connectivity index (χ2n) is 5.38.